The first-order valence-corrected chi connectivity index (χ1v) is 7.56. The summed E-state index contributed by atoms with van der Waals surface area (Å²) in [4.78, 5) is 14.7. The Bertz CT molecular complexity index is 466. The Morgan fingerprint density at radius 2 is 1.85 bits per heavy atom. The van der Waals surface area contributed by atoms with Crippen LogP contribution in [0.2, 0.25) is 0 Å². The monoisotopic (exact) mass is 274 g/mol. The zero-order valence-electron chi connectivity index (χ0n) is 11.7. The largest absolute Gasteiger partial charge is 0.508 e. The van der Waals surface area contributed by atoms with Crippen molar-refractivity contribution in [3.8, 4) is 5.75 Å². The summed E-state index contributed by atoms with van der Waals surface area (Å²) >= 11 is 0. The van der Waals surface area contributed by atoms with Crippen molar-refractivity contribution < 1.29 is 9.90 Å². The maximum absolute atomic E-state index is 12.6. The Morgan fingerprint density at radius 3 is 2.55 bits per heavy atom. The summed E-state index contributed by atoms with van der Waals surface area (Å²) < 4.78 is 0. The first-order valence-electron chi connectivity index (χ1n) is 7.56. The van der Waals surface area contributed by atoms with Crippen molar-refractivity contribution in [1.82, 2.24) is 10.2 Å². The molecule has 108 valence electrons. The van der Waals surface area contributed by atoms with Gasteiger partial charge in [0.15, 0.2) is 0 Å². The lowest BCUT2D eigenvalue weighted by atomic mass is 9.88. The minimum atomic E-state index is 0.117. The van der Waals surface area contributed by atoms with Crippen LogP contribution in [0.15, 0.2) is 24.3 Å². The van der Waals surface area contributed by atoms with Gasteiger partial charge in [-0.3, -0.25) is 4.79 Å². The molecule has 1 aromatic rings. The second-order valence-corrected chi connectivity index (χ2v) is 5.84. The third-order valence-electron chi connectivity index (χ3n) is 4.60. The molecule has 0 aromatic heterocycles. The van der Waals surface area contributed by atoms with Gasteiger partial charge in [-0.2, -0.15) is 0 Å². The van der Waals surface area contributed by atoms with E-state index in [1.165, 1.54) is 12.8 Å². The van der Waals surface area contributed by atoms with E-state index in [1.54, 1.807) is 24.3 Å². The number of nitrogens with zero attached hydrogens (tertiary/aromatic N) is 1. The molecule has 1 aromatic carbocycles. The zero-order chi connectivity index (χ0) is 13.9. The molecular weight excluding hydrogens is 252 g/mol. The Kier molecular flexibility index (Phi) is 3.92. The molecule has 4 heteroatoms. The molecular formula is C16H22N2O2. The molecule has 2 fully saturated rings. The number of aromatic hydroxyl groups is 1. The van der Waals surface area contributed by atoms with Crippen LogP contribution in [-0.2, 0) is 0 Å². The van der Waals surface area contributed by atoms with Gasteiger partial charge in [0.1, 0.15) is 5.75 Å². The number of amides is 1. The molecule has 2 saturated heterocycles. The van der Waals surface area contributed by atoms with Gasteiger partial charge in [0.2, 0.25) is 0 Å². The smallest absolute Gasteiger partial charge is 0.254 e. The molecule has 2 heterocycles. The number of phenolic OH excluding ortho intramolecular Hbond substituents is 1. The first-order chi connectivity index (χ1) is 9.75. The van der Waals surface area contributed by atoms with Gasteiger partial charge in [-0.15, -0.1) is 0 Å². The molecule has 1 atom stereocenters. The Morgan fingerprint density at radius 1 is 1.15 bits per heavy atom. The van der Waals surface area contributed by atoms with Gasteiger partial charge in [0.25, 0.3) is 5.91 Å². The second-order valence-electron chi connectivity index (χ2n) is 5.84. The van der Waals surface area contributed by atoms with E-state index in [2.05, 4.69) is 10.2 Å². The number of phenols is 1. The summed E-state index contributed by atoms with van der Waals surface area (Å²) in [6, 6.07) is 7.01. The van der Waals surface area contributed by atoms with Crippen molar-refractivity contribution in [1.29, 1.82) is 0 Å². The van der Waals surface area contributed by atoms with E-state index in [0.717, 1.165) is 32.5 Å². The van der Waals surface area contributed by atoms with Crippen molar-refractivity contribution in [3.63, 3.8) is 0 Å². The minimum absolute atomic E-state index is 0.117. The van der Waals surface area contributed by atoms with Gasteiger partial charge in [-0.05, 0) is 69.0 Å². The van der Waals surface area contributed by atoms with Crippen LogP contribution in [0.4, 0.5) is 0 Å². The number of benzene rings is 1. The highest BCUT2D eigenvalue weighted by Crippen LogP contribution is 2.30. The van der Waals surface area contributed by atoms with Crippen molar-refractivity contribution >= 4 is 5.91 Å². The highest BCUT2D eigenvalue weighted by Gasteiger charge is 2.35. The summed E-state index contributed by atoms with van der Waals surface area (Å²) in [5.74, 6) is 0.962. The second kappa shape index (κ2) is 5.83. The summed E-state index contributed by atoms with van der Waals surface area (Å²) in [5, 5.41) is 12.7. The molecule has 0 saturated carbocycles. The van der Waals surface area contributed by atoms with Crippen molar-refractivity contribution in [2.45, 2.75) is 31.7 Å². The van der Waals surface area contributed by atoms with Crippen LogP contribution < -0.4 is 5.32 Å². The van der Waals surface area contributed by atoms with Gasteiger partial charge >= 0.3 is 0 Å². The molecule has 3 rings (SSSR count). The van der Waals surface area contributed by atoms with E-state index < -0.39 is 0 Å². The number of rotatable bonds is 2. The van der Waals surface area contributed by atoms with E-state index in [0.29, 0.717) is 17.5 Å². The topological polar surface area (TPSA) is 52.6 Å². The predicted octanol–water partition coefficient (Wildman–Crippen LogP) is 2.00. The molecule has 20 heavy (non-hydrogen) atoms. The fraction of sp³-hybridized carbons (Fsp3) is 0.562. The Balaban J connectivity index is 1.74. The fourth-order valence-electron chi connectivity index (χ4n) is 3.53. The van der Waals surface area contributed by atoms with Crippen LogP contribution >= 0.6 is 0 Å². The van der Waals surface area contributed by atoms with E-state index in [-0.39, 0.29) is 11.7 Å². The molecule has 0 aliphatic carbocycles. The summed E-state index contributed by atoms with van der Waals surface area (Å²) in [5.41, 5.74) is 0.684. The molecule has 0 spiro atoms. The lowest BCUT2D eigenvalue weighted by Crippen LogP contribution is -2.43. The van der Waals surface area contributed by atoms with Gasteiger partial charge in [0.05, 0.1) is 0 Å². The van der Waals surface area contributed by atoms with Gasteiger partial charge < -0.3 is 15.3 Å². The average Bonchev–Trinajstić information content (AvgIpc) is 2.97. The SMILES string of the molecule is O=C(c1ccc(O)cc1)N1CCCC1C1CCNCC1. The average molecular weight is 274 g/mol. The van der Waals surface area contributed by atoms with E-state index in [4.69, 9.17) is 0 Å². The van der Waals surface area contributed by atoms with Crippen molar-refractivity contribution in [2.75, 3.05) is 19.6 Å². The van der Waals surface area contributed by atoms with E-state index >= 15 is 0 Å². The number of carbonyl (C=O) groups is 1. The molecule has 4 nitrogen and oxygen atoms in total. The molecule has 2 aliphatic rings. The van der Waals surface area contributed by atoms with Crippen molar-refractivity contribution in [2.24, 2.45) is 5.92 Å². The van der Waals surface area contributed by atoms with Crippen LogP contribution in [0.25, 0.3) is 0 Å². The van der Waals surface area contributed by atoms with Gasteiger partial charge in [0, 0.05) is 18.2 Å². The summed E-state index contributed by atoms with van der Waals surface area (Å²) in [6.45, 7) is 3.01. The van der Waals surface area contributed by atoms with Crippen molar-refractivity contribution in [3.05, 3.63) is 29.8 Å². The maximum atomic E-state index is 12.6. The Labute approximate surface area is 119 Å². The molecule has 2 aliphatic heterocycles. The quantitative estimate of drug-likeness (QED) is 0.867. The molecule has 1 unspecified atom stereocenters. The molecule has 0 bridgehead atoms. The van der Waals surface area contributed by atoms with Crippen LogP contribution in [0.1, 0.15) is 36.0 Å². The lowest BCUT2D eigenvalue weighted by Gasteiger charge is -2.34. The Hall–Kier alpha value is -1.55. The first kappa shape index (κ1) is 13.4. The molecule has 1 amide bonds. The highest BCUT2D eigenvalue weighted by molar-refractivity contribution is 5.94. The number of nitrogens with one attached hydrogen (secondary N) is 1. The van der Waals surface area contributed by atoms with E-state index in [1.807, 2.05) is 0 Å². The number of piperidine rings is 1. The van der Waals surface area contributed by atoms with Gasteiger partial charge in [-0.1, -0.05) is 0 Å². The third-order valence-corrected chi connectivity index (χ3v) is 4.60. The van der Waals surface area contributed by atoms with Gasteiger partial charge in [-0.25, -0.2) is 0 Å². The number of hydrogen-bond donors (Lipinski definition) is 2. The van der Waals surface area contributed by atoms with E-state index in [9.17, 15) is 9.90 Å². The normalized spacial score (nSPS) is 24.0. The summed E-state index contributed by atoms with van der Waals surface area (Å²) in [7, 11) is 0. The van der Waals surface area contributed by atoms with Crippen LogP contribution in [0.3, 0.4) is 0 Å². The third kappa shape index (κ3) is 2.66. The van der Waals surface area contributed by atoms with Crippen LogP contribution in [0.5, 0.6) is 5.75 Å². The number of hydrogen-bond acceptors (Lipinski definition) is 3. The van der Waals surface area contributed by atoms with Crippen LogP contribution in [-0.4, -0.2) is 41.6 Å². The predicted molar refractivity (Wildman–Crippen MR) is 77.8 cm³/mol. The standard InChI is InChI=1S/C16H22N2O2/c19-14-5-3-13(4-6-14)16(20)18-11-1-2-15(18)12-7-9-17-10-8-12/h3-6,12,15,17,19H,1-2,7-11H2. The molecule has 0 radical (unpaired) electrons. The summed E-state index contributed by atoms with van der Waals surface area (Å²) in [6.07, 6.45) is 4.58. The zero-order valence-corrected chi connectivity index (χ0v) is 11.7. The van der Waals surface area contributed by atoms with Crippen LogP contribution in [0, 0.1) is 5.92 Å². The highest BCUT2D eigenvalue weighted by atomic mass is 16.3. The molecule has 2 N–H and O–H groups in total. The minimum Gasteiger partial charge on any atom is -0.508 e. The maximum Gasteiger partial charge on any atom is 0.254 e. The number of likely N-dealkylation sites (tertiary alicyclic amines) is 1. The fourth-order valence-corrected chi connectivity index (χ4v) is 3.53. The lowest BCUT2D eigenvalue weighted by molar-refractivity contribution is 0.0666. The number of carbonyl (C=O) groups excluding carboxylic acids is 1.